The Morgan fingerprint density at radius 2 is 1.80 bits per heavy atom. The Morgan fingerprint density at radius 3 is 2.47 bits per heavy atom. The van der Waals surface area contributed by atoms with Gasteiger partial charge >= 0.3 is 0 Å². The van der Waals surface area contributed by atoms with Gasteiger partial charge in [0.15, 0.2) is 5.75 Å². The van der Waals surface area contributed by atoms with Gasteiger partial charge in [-0.2, -0.15) is 10.2 Å². The zero-order valence-corrected chi connectivity index (χ0v) is 8.73. The van der Waals surface area contributed by atoms with Crippen molar-refractivity contribution in [2.24, 2.45) is 10.2 Å². The predicted molar refractivity (Wildman–Crippen MR) is 60.8 cm³/mol. The van der Waals surface area contributed by atoms with Crippen LogP contribution in [0.2, 0.25) is 0 Å². The number of hydrogen-bond acceptors (Lipinski definition) is 3. The standard InChI is InChI=1S/C12H12N2O/c1-8-7-11(14-13-2)12(15)10-6-4-3-5-9(8)10/h3-7,15H,1-2H3. The molecule has 0 amide bonds. The highest BCUT2D eigenvalue weighted by Crippen LogP contribution is 2.36. The summed E-state index contributed by atoms with van der Waals surface area (Å²) in [6.07, 6.45) is 0. The summed E-state index contributed by atoms with van der Waals surface area (Å²) in [6.45, 7) is 2.00. The van der Waals surface area contributed by atoms with Crippen molar-refractivity contribution in [1.29, 1.82) is 0 Å². The van der Waals surface area contributed by atoms with E-state index in [1.807, 2.05) is 37.3 Å². The van der Waals surface area contributed by atoms with Gasteiger partial charge < -0.3 is 5.11 Å². The SMILES string of the molecule is CN=Nc1cc(C)c2ccccc2c1O. The van der Waals surface area contributed by atoms with E-state index >= 15 is 0 Å². The summed E-state index contributed by atoms with van der Waals surface area (Å²) in [6, 6.07) is 9.55. The molecule has 0 aliphatic carbocycles. The second-order valence-corrected chi connectivity index (χ2v) is 3.41. The van der Waals surface area contributed by atoms with Gasteiger partial charge in [-0.3, -0.25) is 0 Å². The lowest BCUT2D eigenvalue weighted by Crippen LogP contribution is -1.80. The maximum atomic E-state index is 9.95. The molecule has 0 heterocycles. The summed E-state index contributed by atoms with van der Waals surface area (Å²) in [7, 11) is 1.59. The van der Waals surface area contributed by atoms with Crippen molar-refractivity contribution in [3.05, 3.63) is 35.9 Å². The van der Waals surface area contributed by atoms with E-state index in [0.717, 1.165) is 16.3 Å². The molecule has 0 fully saturated rings. The molecule has 0 radical (unpaired) electrons. The number of fused-ring (bicyclic) bond motifs is 1. The number of aromatic hydroxyl groups is 1. The van der Waals surface area contributed by atoms with E-state index in [-0.39, 0.29) is 5.75 Å². The Balaban J connectivity index is 2.84. The van der Waals surface area contributed by atoms with Gasteiger partial charge in [0.25, 0.3) is 0 Å². The molecule has 3 nitrogen and oxygen atoms in total. The Bertz CT molecular complexity index is 532. The summed E-state index contributed by atoms with van der Waals surface area (Å²) in [5.41, 5.74) is 1.61. The molecule has 1 N–H and O–H groups in total. The van der Waals surface area contributed by atoms with Crippen molar-refractivity contribution in [2.45, 2.75) is 6.92 Å². The zero-order chi connectivity index (χ0) is 10.8. The lowest BCUT2D eigenvalue weighted by molar-refractivity contribution is 0.482. The third-order valence-electron chi connectivity index (χ3n) is 2.41. The Kier molecular flexibility index (Phi) is 2.37. The van der Waals surface area contributed by atoms with E-state index in [1.54, 1.807) is 7.05 Å². The van der Waals surface area contributed by atoms with Gasteiger partial charge in [-0.05, 0) is 23.9 Å². The molecular formula is C12H12N2O. The summed E-state index contributed by atoms with van der Waals surface area (Å²) < 4.78 is 0. The minimum Gasteiger partial charge on any atom is -0.505 e. The highest BCUT2D eigenvalue weighted by atomic mass is 16.3. The molecule has 2 aromatic rings. The van der Waals surface area contributed by atoms with E-state index in [9.17, 15) is 5.11 Å². The normalized spacial score (nSPS) is 11.3. The summed E-state index contributed by atoms with van der Waals surface area (Å²) in [5, 5.41) is 19.4. The number of hydrogen-bond donors (Lipinski definition) is 1. The second kappa shape index (κ2) is 3.69. The van der Waals surface area contributed by atoms with Crippen LogP contribution in [-0.2, 0) is 0 Å². The molecular weight excluding hydrogens is 188 g/mol. The van der Waals surface area contributed by atoms with Gasteiger partial charge in [0.2, 0.25) is 0 Å². The van der Waals surface area contributed by atoms with Gasteiger partial charge in [0.1, 0.15) is 5.69 Å². The van der Waals surface area contributed by atoms with Crippen LogP contribution < -0.4 is 0 Å². The summed E-state index contributed by atoms with van der Waals surface area (Å²) >= 11 is 0. The van der Waals surface area contributed by atoms with Crippen molar-refractivity contribution < 1.29 is 5.11 Å². The number of nitrogens with zero attached hydrogens (tertiary/aromatic N) is 2. The minimum atomic E-state index is 0.196. The number of azo groups is 1. The predicted octanol–water partition coefficient (Wildman–Crippen LogP) is 3.57. The third kappa shape index (κ3) is 1.56. The molecule has 76 valence electrons. The first kappa shape index (κ1) is 9.65. The van der Waals surface area contributed by atoms with E-state index in [2.05, 4.69) is 10.2 Å². The first-order valence-electron chi connectivity index (χ1n) is 4.75. The maximum absolute atomic E-state index is 9.95. The number of phenols is 1. The molecule has 0 unspecified atom stereocenters. The van der Waals surface area contributed by atoms with E-state index in [0.29, 0.717) is 5.69 Å². The fourth-order valence-corrected chi connectivity index (χ4v) is 1.71. The molecule has 0 atom stereocenters. The van der Waals surface area contributed by atoms with Gasteiger partial charge in [0, 0.05) is 12.4 Å². The molecule has 0 spiro atoms. The van der Waals surface area contributed by atoms with Crippen molar-refractivity contribution in [2.75, 3.05) is 7.05 Å². The summed E-state index contributed by atoms with van der Waals surface area (Å²) in [5.74, 6) is 0.196. The van der Waals surface area contributed by atoms with Crippen LogP contribution in [0.3, 0.4) is 0 Å². The molecule has 2 aromatic carbocycles. The van der Waals surface area contributed by atoms with Crippen molar-refractivity contribution in [3.63, 3.8) is 0 Å². The molecule has 0 aliphatic heterocycles. The number of rotatable bonds is 1. The van der Waals surface area contributed by atoms with Crippen LogP contribution in [0.5, 0.6) is 5.75 Å². The van der Waals surface area contributed by atoms with E-state index in [1.165, 1.54) is 0 Å². The number of benzene rings is 2. The van der Waals surface area contributed by atoms with Gasteiger partial charge in [-0.15, -0.1) is 0 Å². The topological polar surface area (TPSA) is 45.0 Å². The van der Waals surface area contributed by atoms with Crippen LogP contribution in [0, 0.1) is 6.92 Å². The van der Waals surface area contributed by atoms with Crippen LogP contribution in [0.15, 0.2) is 40.6 Å². The van der Waals surface area contributed by atoms with Crippen molar-refractivity contribution >= 4 is 16.5 Å². The smallest absolute Gasteiger partial charge is 0.150 e. The van der Waals surface area contributed by atoms with E-state index in [4.69, 9.17) is 0 Å². The highest BCUT2D eigenvalue weighted by Gasteiger charge is 2.07. The molecule has 0 saturated carbocycles. The Hall–Kier alpha value is -1.90. The van der Waals surface area contributed by atoms with Crippen LogP contribution in [0.1, 0.15) is 5.56 Å². The fourth-order valence-electron chi connectivity index (χ4n) is 1.71. The molecule has 0 saturated heterocycles. The molecule has 15 heavy (non-hydrogen) atoms. The molecule has 0 aromatic heterocycles. The first-order chi connectivity index (χ1) is 7.24. The third-order valence-corrected chi connectivity index (χ3v) is 2.41. The lowest BCUT2D eigenvalue weighted by atomic mass is 10.0. The van der Waals surface area contributed by atoms with Gasteiger partial charge in [-0.25, -0.2) is 0 Å². The molecule has 2 rings (SSSR count). The van der Waals surface area contributed by atoms with Crippen molar-refractivity contribution in [1.82, 2.24) is 0 Å². The Labute approximate surface area is 88.1 Å². The quantitative estimate of drug-likeness (QED) is 0.703. The summed E-state index contributed by atoms with van der Waals surface area (Å²) in [4.78, 5) is 0. The van der Waals surface area contributed by atoms with Crippen LogP contribution in [-0.4, -0.2) is 12.2 Å². The lowest BCUT2D eigenvalue weighted by Gasteiger charge is -2.06. The monoisotopic (exact) mass is 200 g/mol. The largest absolute Gasteiger partial charge is 0.505 e. The van der Waals surface area contributed by atoms with Crippen LogP contribution in [0.4, 0.5) is 5.69 Å². The average Bonchev–Trinajstić information content (AvgIpc) is 2.26. The van der Waals surface area contributed by atoms with Gasteiger partial charge in [-0.1, -0.05) is 24.3 Å². The van der Waals surface area contributed by atoms with Crippen molar-refractivity contribution in [3.8, 4) is 5.75 Å². The van der Waals surface area contributed by atoms with Crippen LogP contribution >= 0.6 is 0 Å². The second-order valence-electron chi connectivity index (χ2n) is 3.41. The minimum absolute atomic E-state index is 0.196. The highest BCUT2D eigenvalue weighted by molar-refractivity contribution is 5.94. The maximum Gasteiger partial charge on any atom is 0.150 e. The molecule has 3 heteroatoms. The fraction of sp³-hybridized carbons (Fsp3) is 0.167. The van der Waals surface area contributed by atoms with Crippen LogP contribution in [0.25, 0.3) is 10.8 Å². The first-order valence-corrected chi connectivity index (χ1v) is 4.75. The Morgan fingerprint density at radius 1 is 1.13 bits per heavy atom. The number of phenolic OH excluding ortho intramolecular Hbond substituents is 1. The molecule has 0 bridgehead atoms. The van der Waals surface area contributed by atoms with E-state index < -0.39 is 0 Å². The zero-order valence-electron chi connectivity index (χ0n) is 8.73. The average molecular weight is 200 g/mol. The number of aryl methyl sites for hydroxylation is 1. The molecule has 0 aliphatic rings. The van der Waals surface area contributed by atoms with Gasteiger partial charge in [0.05, 0.1) is 0 Å².